The molecule has 0 bridgehead atoms. The van der Waals surface area contributed by atoms with Crippen LogP contribution in [-0.2, 0) is 9.59 Å². The predicted octanol–water partition coefficient (Wildman–Crippen LogP) is 5.88. The molecular weight excluding hydrogens is 561 g/mol. The minimum atomic E-state index is -0.327. The lowest BCUT2D eigenvalue weighted by atomic mass is 9.84. The van der Waals surface area contributed by atoms with Crippen molar-refractivity contribution >= 4 is 47.7 Å². The maximum atomic E-state index is 12.9. The van der Waals surface area contributed by atoms with Crippen LogP contribution in [0.15, 0.2) is 66.2 Å². The van der Waals surface area contributed by atoms with Crippen LogP contribution in [0.2, 0.25) is 10.0 Å². The number of hydrogen-bond acceptors (Lipinski definition) is 5. The molecular formula is C31H37Cl2N5O3. The molecule has 2 amide bonds. The van der Waals surface area contributed by atoms with Gasteiger partial charge in [-0.1, -0.05) is 67.4 Å². The first-order valence-corrected chi connectivity index (χ1v) is 14.2. The summed E-state index contributed by atoms with van der Waals surface area (Å²) in [6.07, 6.45) is 11.9. The minimum Gasteiger partial charge on any atom is -0.508 e. The van der Waals surface area contributed by atoms with Crippen molar-refractivity contribution in [3.05, 3.63) is 76.8 Å². The minimum absolute atomic E-state index is 0.00303. The molecule has 0 spiro atoms. The number of aromatic nitrogens is 1. The maximum absolute atomic E-state index is 12.9. The lowest BCUT2D eigenvalue weighted by Gasteiger charge is -2.37. The molecule has 41 heavy (non-hydrogen) atoms. The molecule has 1 aliphatic carbocycles. The number of carbonyl (C=O) groups is 2. The van der Waals surface area contributed by atoms with Crippen molar-refractivity contribution in [2.45, 2.75) is 39.3 Å². The SMILES string of the molecule is C=CCCN(C(=NC)c1cc(Cl)c(-c2cc(O)ccc2Cl)nc1N(C=O)C1C=CC=CC1C(C)C)C(C)CNC=O. The molecule has 0 aliphatic heterocycles. The summed E-state index contributed by atoms with van der Waals surface area (Å²) in [4.78, 5) is 37.2. The molecule has 2 aromatic rings. The molecule has 8 nitrogen and oxygen atoms in total. The van der Waals surface area contributed by atoms with Gasteiger partial charge in [0.05, 0.1) is 27.3 Å². The van der Waals surface area contributed by atoms with Gasteiger partial charge in [0, 0.05) is 37.7 Å². The summed E-state index contributed by atoms with van der Waals surface area (Å²) in [7, 11) is 1.67. The fourth-order valence-electron chi connectivity index (χ4n) is 4.99. The first-order chi connectivity index (χ1) is 19.7. The third-order valence-electron chi connectivity index (χ3n) is 7.08. The van der Waals surface area contributed by atoms with Gasteiger partial charge >= 0.3 is 0 Å². The number of carbonyl (C=O) groups excluding carboxylic acids is 2. The van der Waals surface area contributed by atoms with Crippen LogP contribution in [-0.4, -0.2) is 65.9 Å². The first-order valence-electron chi connectivity index (χ1n) is 13.5. The van der Waals surface area contributed by atoms with E-state index >= 15 is 0 Å². The number of phenols is 1. The van der Waals surface area contributed by atoms with Gasteiger partial charge in [-0.05, 0) is 43.5 Å². The van der Waals surface area contributed by atoms with E-state index in [0.29, 0.717) is 59.4 Å². The third kappa shape index (κ3) is 7.37. The molecule has 3 atom stereocenters. The zero-order valence-corrected chi connectivity index (χ0v) is 25.3. The summed E-state index contributed by atoms with van der Waals surface area (Å²) in [5, 5.41) is 13.6. The van der Waals surface area contributed by atoms with E-state index in [2.05, 4.69) is 36.8 Å². The Morgan fingerprint density at radius 1 is 1.17 bits per heavy atom. The monoisotopic (exact) mass is 597 g/mol. The van der Waals surface area contributed by atoms with E-state index in [1.165, 1.54) is 12.1 Å². The Bertz CT molecular complexity index is 1340. The number of nitrogens with one attached hydrogen (secondary N) is 1. The van der Waals surface area contributed by atoms with E-state index in [1.54, 1.807) is 24.1 Å². The van der Waals surface area contributed by atoms with E-state index in [4.69, 9.17) is 28.2 Å². The van der Waals surface area contributed by atoms with Crippen molar-refractivity contribution in [2.24, 2.45) is 16.8 Å². The highest BCUT2D eigenvalue weighted by Gasteiger charge is 2.33. The average Bonchev–Trinajstić information content (AvgIpc) is 2.96. The second-order valence-corrected chi connectivity index (χ2v) is 11.0. The van der Waals surface area contributed by atoms with Crippen LogP contribution in [0.3, 0.4) is 0 Å². The third-order valence-corrected chi connectivity index (χ3v) is 7.70. The Morgan fingerprint density at radius 3 is 2.54 bits per heavy atom. The number of nitrogens with zero attached hydrogens (tertiary/aromatic N) is 4. The number of allylic oxidation sites excluding steroid dienone is 2. The zero-order chi connectivity index (χ0) is 30.1. The van der Waals surface area contributed by atoms with Crippen molar-refractivity contribution < 1.29 is 14.7 Å². The lowest BCUT2D eigenvalue weighted by molar-refractivity contribution is -0.110. The van der Waals surface area contributed by atoms with Crippen LogP contribution in [0.4, 0.5) is 5.82 Å². The highest BCUT2D eigenvalue weighted by molar-refractivity contribution is 6.36. The highest BCUT2D eigenvalue weighted by Crippen LogP contribution is 2.39. The number of rotatable bonds is 13. The van der Waals surface area contributed by atoms with Gasteiger partial charge in [0.1, 0.15) is 17.4 Å². The number of halogens is 2. The van der Waals surface area contributed by atoms with Crippen LogP contribution in [0, 0.1) is 11.8 Å². The largest absolute Gasteiger partial charge is 0.508 e. The van der Waals surface area contributed by atoms with Crippen LogP contribution < -0.4 is 10.2 Å². The van der Waals surface area contributed by atoms with Gasteiger partial charge < -0.3 is 15.3 Å². The van der Waals surface area contributed by atoms with Gasteiger partial charge in [-0.2, -0.15) is 0 Å². The molecule has 10 heteroatoms. The normalized spacial score (nSPS) is 17.3. The standard InChI is InChI=1S/C31H37Cl2N5O3/c1-6-7-14-37(21(4)17-35-18-39)30(34-5)25-16-27(33)29(24-15-22(41)12-13-26(24)32)36-31(25)38(19-40)28-11-9-8-10-23(28)20(2)3/h6,8-13,15-16,18-21,23,28,41H,1,7,14,17H2,2-5H3,(H,35,39). The Labute approximate surface area is 252 Å². The van der Waals surface area contributed by atoms with Gasteiger partial charge in [0.2, 0.25) is 12.8 Å². The molecule has 2 N–H and O–H groups in total. The van der Waals surface area contributed by atoms with Crippen LogP contribution >= 0.6 is 23.2 Å². The predicted molar refractivity (Wildman–Crippen MR) is 168 cm³/mol. The molecule has 1 aromatic carbocycles. The molecule has 0 radical (unpaired) electrons. The first kappa shape index (κ1) is 31.9. The Balaban J connectivity index is 2.31. The molecule has 1 heterocycles. The number of amidine groups is 1. The summed E-state index contributed by atoms with van der Waals surface area (Å²) < 4.78 is 0. The molecule has 218 valence electrons. The van der Waals surface area contributed by atoms with Gasteiger partial charge in [-0.15, -0.1) is 6.58 Å². The molecule has 3 unspecified atom stereocenters. The molecule has 0 fully saturated rings. The van der Waals surface area contributed by atoms with Crippen molar-refractivity contribution in [3.63, 3.8) is 0 Å². The number of phenolic OH excluding ortho intramolecular Hbond substituents is 1. The Hall–Kier alpha value is -3.62. The van der Waals surface area contributed by atoms with Crippen LogP contribution in [0.5, 0.6) is 5.75 Å². The number of aromatic hydroxyl groups is 1. The van der Waals surface area contributed by atoms with Gasteiger partial charge in [-0.3, -0.25) is 19.5 Å². The van der Waals surface area contributed by atoms with Gasteiger partial charge in [-0.25, -0.2) is 4.98 Å². The smallest absolute Gasteiger partial charge is 0.215 e. The highest BCUT2D eigenvalue weighted by atomic mass is 35.5. The average molecular weight is 599 g/mol. The van der Waals surface area contributed by atoms with Crippen molar-refractivity contribution in [2.75, 3.05) is 25.0 Å². The Kier molecular flexibility index (Phi) is 11.6. The molecule has 1 aliphatic rings. The summed E-state index contributed by atoms with van der Waals surface area (Å²) in [5.74, 6) is 1.15. The fourth-order valence-corrected chi connectivity index (χ4v) is 5.45. The van der Waals surface area contributed by atoms with E-state index in [9.17, 15) is 14.7 Å². The number of anilines is 1. The van der Waals surface area contributed by atoms with Crippen molar-refractivity contribution in [1.82, 2.24) is 15.2 Å². The number of hydrogen-bond donors (Lipinski definition) is 2. The number of amides is 2. The van der Waals surface area contributed by atoms with Crippen LogP contribution in [0.25, 0.3) is 11.3 Å². The topological polar surface area (TPSA) is 98.1 Å². The van der Waals surface area contributed by atoms with Crippen molar-refractivity contribution in [3.8, 4) is 17.0 Å². The number of benzene rings is 1. The van der Waals surface area contributed by atoms with Crippen molar-refractivity contribution in [1.29, 1.82) is 0 Å². The maximum Gasteiger partial charge on any atom is 0.215 e. The van der Waals surface area contributed by atoms with E-state index in [0.717, 1.165) is 6.41 Å². The molecule has 0 saturated carbocycles. The summed E-state index contributed by atoms with van der Waals surface area (Å²) in [5.41, 5.74) is 1.28. The van der Waals surface area contributed by atoms with E-state index < -0.39 is 0 Å². The second kappa shape index (κ2) is 14.8. The summed E-state index contributed by atoms with van der Waals surface area (Å²) >= 11 is 13.4. The number of pyridine rings is 1. The zero-order valence-electron chi connectivity index (χ0n) is 23.8. The quantitative estimate of drug-likeness (QED) is 0.130. The van der Waals surface area contributed by atoms with E-state index in [1.807, 2.05) is 36.1 Å². The summed E-state index contributed by atoms with van der Waals surface area (Å²) in [6.45, 7) is 11.0. The van der Waals surface area contributed by atoms with Gasteiger partial charge in [0.25, 0.3) is 0 Å². The van der Waals surface area contributed by atoms with Crippen LogP contribution in [0.1, 0.15) is 32.8 Å². The van der Waals surface area contributed by atoms with E-state index in [-0.39, 0.29) is 34.7 Å². The molecule has 0 saturated heterocycles. The number of aliphatic imine (C=N–C) groups is 1. The molecule has 1 aromatic heterocycles. The summed E-state index contributed by atoms with van der Waals surface area (Å²) in [6, 6.07) is 5.78. The van der Waals surface area contributed by atoms with Gasteiger partial charge in [0.15, 0.2) is 0 Å². The second-order valence-electron chi connectivity index (χ2n) is 10.1. The fraction of sp³-hybridized carbons (Fsp3) is 0.355. The lowest BCUT2D eigenvalue weighted by Crippen LogP contribution is -2.46. The Morgan fingerprint density at radius 2 is 1.90 bits per heavy atom. The molecule has 3 rings (SSSR count).